The molecule has 0 radical (unpaired) electrons. The maximum atomic E-state index is 13.9. The average molecular weight is 529 g/mol. The number of benzene rings is 2. The fourth-order valence-electron chi connectivity index (χ4n) is 4.45. The molecule has 1 aliphatic rings. The van der Waals surface area contributed by atoms with Crippen LogP contribution in [0.3, 0.4) is 0 Å². The molecule has 1 N–H and O–H groups in total. The fraction of sp³-hybridized carbons (Fsp3) is 0.333. The molecule has 200 valence electrons. The minimum Gasteiger partial charge on any atom is -0.465 e. The molecule has 2 aromatic carbocycles. The van der Waals surface area contributed by atoms with Crippen LogP contribution in [0.1, 0.15) is 62.5 Å². The van der Waals surface area contributed by atoms with Gasteiger partial charge in [0.2, 0.25) is 0 Å². The number of fused-ring (bicyclic) bond motifs is 1. The smallest absolute Gasteiger partial charge is 0.436 e. The van der Waals surface area contributed by atoms with E-state index in [0.717, 1.165) is 17.4 Å². The zero-order valence-electron chi connectivity index (χ0n) is 20.9. The number of aromatic nitrogens is 2. The Labute approximate surface area is 217 Å². The van der Waals surface area contributed by atoms with Gasteiger partial charge in [-0.25, -0.2) is 9.48 Å². The van der Waals surface area contributed by atoms with Crippen molar-refractivity contribution in [1.82, 2.24) is 15.1 Å². The summed E-state index contributed by atoms with van der Waals surface area (Å²) in [5, 5.41) is 6.40. The van der Waals surface area contributed by atoms with Gasteiger partial charge in [0.15, 0.2) is 5.69 Å². The lowest BCUT2D eigenvalue weighted by molar-refractivity contribution is -0.141. The topological polar surface area (TPSA) is 93.5 Å². The number of rotatable bonds is 9. The van der Waals surface area contributed by atoms with Crippen molar-refractivity contribution in [1.29, 1.82) is 0 Å². The maximum absolute atomic E-state index is 13.9. The van der Waals surface area contributed by atoms with Gasteiger partial charge in [-0.05, 0) is 42.2 Å². The molecule has 1 atom stereocenters. The zero-order chi connectivity index (χ0) is 27.4. The second-order valence-electron chi connectivity index (χ2n) is 9.02. The highest BCUT2D eigenvalue weighted by Crippen LogP contribution is 2.38. The molecule has 1 aromatic heterocycles. The number of alkyl halides is 3. The average Bonchev–Trinajstić information content (AvgIpc) is 3.48. The van der Waals surface area contributed by atoms with E-state index in [4.69, 9.17) is 0 Å². The van der Waals surface area contributed by atoms with E-state index in [2.05, 4.69) is 15.2 Å². The van der Waals surface area contributed by atoms with Crippen molar-refractivity contribution in [3.63, 3.8) is 0 Å². The normalized spacial score (nSPS) is 13.7. The number of carbonyl (C=O) groups excluding carboxylic acids is 3. The van der Waals surface area contributed by atoms with Crippen LogP contribution in [0, 0.1) is 0 Å². The number of nitrogens with zero attached hydrogens (tertiary/aromatic N) is 3. The summed E-state index contributed by atoms with van der Waals surface area (Å²) in [6, 6.07) is 13.1. The van der Waals surface area contributed by atoms with Crippen LogP contribution in [0.4, 0.5) is 19.0 Å². The fourth-order valence-corrected chi connectivity index (χ4v) is 4.45. The summed E-state index contributed by atoms with van der Waals surface area (Å²) in [6.07, 6.45) is -2.94. The molecule has 8 nitrogen and oxygen atoms in total. The van der Waals surface area contributed by atoms with Gasteiger partial charge in [0, 0.05) is 19.5 Å². The third-order valence-corrected chi connectivity index (χ3v) is 6.43. The Morgan fingerprint density at radius 2 is 1.74 bits per heavy atom. The maximum Gasteiger partial charge on any atom is 0.436 e. The first-order valence-electron chi connectivity index (χ1n) is 12.1. The number of esters is 1. The SMILES string of the molecule is COC(=O)c1ccc([C@H](C)NC(=O)c2c(C(F)(F)F)nn3c2N(Cc2ccc(CCC=O)cc2)CC3)cc1. The van der Waals surface area contributed by atoms with Gasteiger partial charge in [0.25, 0.3) is 5.91 Å². The molecular weight excluding hydrogens is 501 g/mol. The summed E-state index contributed by atoms with van der Waals surface area (Å²) in [6.45, 7) is 2.56. The molecule has 3 aromatic rings. The Morgan fingerprint density at radius 1 is 1.08 bits per heavy atom. The number of anilines is 1. The number of amides is 1. The van der Waals surface area contributed by atoms with E-state index in [0.29, 0.717) is 37.1 Å². The molecule has 2 heterocycles. The van der Waals surface area contributed by atoms with Gasteiger partial charge in [0.1, 0.15) is 17.7 Å². The van der Waals surface area contributed by atoms with Crippen LogP contribution >= 0.6 is 0 Å². The lowest BCUT2D eigenvalue weighted by Gasteiger charge is -2.21. The molecular formula is C27H27F3N4O4. The van der Waals surface area contributed by atoms with Crippen molar-refractivity contribution in [2.45, 2.75) is 45.1 Å². The summed E-state index contributed by atoms with van der Waals surface area (Å²) in [7, 11) is 1.26. The van der Waals surface area contributed by atoms with E-state index in [9.17, 15) is 27.6 Å². The third kappa shape index (κ3) is 5.71. The van der Waals surface area contributed by atoms with Crippen LogP contribution in [0.25, 0.3) is 0 Å². The largest absolute Gasteiger partial charge is 0.465 e. The van der Waals surface area contributed by atoms with Crippen LogP contribution in [0.5, 0.6) is 0 Å². The highest BCUT2D eigenvalue weighted by Gasteiger charge is 2.44. The Bertz CT molecular complexity index is 1320. The molecule has 0 saturated carbocycles. The molecule has 0 aliphatic carbocycles. The van der Waals surface area contributed by atoms with Gasteiger partial charge in [0.05, 0.1) is 25.3 Å². The number of aryl methyl sites for hydroxylation is 1. The Hall–Kier alpha value is -4.15. The van der Waals surface area contributed by atoms with E-state index >= 15 is 0 Å². The van der Waals surface area contributed by atoms with E-state index in [1.807, 2.05) is 24.3 Å². The summed E-state index contributed by atoms with van der Waals surface area (Å²) in [5.74, 6) is -1.29. The Balaban J connectivity index is 1.58. The number of aldehydes is 1. The lowest BCUT2D eigenvalue weighted by atomic mass is 10.1. The number of hydrogen-bond acceptors (Lipinski definition) is 6. The molecule has 0 saturated heterocycles. The summed E-state index contributed by atoms with van der Waals surface area (Å²) in [4.78, 5) is 37.3. The Morgan fingerprint density at radius 3 is 2.34 bits per heavy atom. The van der Waals surface area contributed by atoms with Crippen molar-refractivity contribution in [2.75, 3.05) is 18.6 Å². The van der Waals surface area contributed by atoms with Crippen LogP contribution < -0.4 is 10.2 Å². The van der Waals surface area contributed by atoms with Gasteiger partial charge >= 0.3 is 12.1 Å². The van der Waals surface area contributed by atoms with Crippen molar-refractivity contribution in [3.05, 3.63) is 82.0 Å². The van der Waals surface area contributed by atoms with E-state index in [1.54, 1.807) is 24.0 Å². The quantitative estimate of drug-likeness (QED) is 0.328. The zero-order valence-corrected chi connectivity index (χ0v) is 20.9. The first kappa shape index (κ1) is 26.9. The molecule has 4 rings (SSSR count). The number of hydrogen-bond donors (Lipinski definition) is 1. The molecule has 0 spiro atoms. The minimum atomic E-state index is -4.82. The number of halogens is 3. The molecule has 0 unspecified atom stereocenters. The number of ether oxygens (including phenoxy) is 1. The molecule has 0 fully saturated rings. The van der Waals surface area contributed by atoms with Crippen LogP contribution in [0.2, 0.25) is 0 Å². The number of carbonyl (C=O) groups is 3. The molecule has 1 aliphatic heterocycles. The van der Waals surface area contributed by atoms with Crippen LogP contribution in [0.15, 0.2) is 48.5 Å². The lowest BCUT2D eigenvalue weighted by Crippen LogP contribution is -2.31. The van der Waals surface area contributed by atoms with Gasteiger partial charge < -0.3 is 19.7 Å². The van der Waals surface area contributed by atoms with Gasteiger partial charge in [-0.2, -0.15) is 18.3 Å². The first-order chi connectivity index (χ1) is 18.1. The number of nitrogens with one attached hydrogen (secondary N) is 1. The van der Waals surface area contributed by atoms with Gasteiger partial charge in [-0.3, -0.25) is 4.79 Å². The van der Waals surface area contributed by atoms with Crippen molar-refractivity contribution < 1.29 is 32.3 Å². The van der Waals surface area contributed by atoms with Crippen molar-refractivity contribution in [2.24, 2.45) is 0 Å². The first-order valence-corrected chi connectivity index (χ1v) is 12.1. The van der Waals surface area contributed by atoms with Crippen molar-refractivity contribution >= 4 is 24.0 Å². The van der Waals surface area contributed by atoms with E-state index < -0.39 is 35.4 Å². The second-order valence-corrected chi connectivity index (χ2v) is 9.02. The molecule has 38 heavy (non-hydrogen) atoms. The standard InChI is InChI=1S/C27H27F3N4O4/c1-17(20-9-11-21(12-10-20)26(37)38-2)31-24(36)22-23(27(28,29)30)32-34-14-13-33(25(22)34)16-19-7-5-18(6-8-19)4-3-15-35/h5-12,15,17H,3-4,13-14,16H2,1-2H3,(H,31,36)/t17-/m0/s1. The minimum absolute atomic E-state index is 0.119. The highest BCUT2D eigenvalue weighted by molar-refractivity contribution is 6.01. The molecule has 1 amide bonds. The Kier molecular flexibility index (Phi) is 7.84. The molecule has 0 bridgehead atoms. The second kappa shape index (κ2) is 11.1. The number of methoxy groups -OCH3 is 1. The molecule has 11 heteroatoms. The summed E-state index contributed by atoms with van der Waals surface area (Å²) >= 11 is 0. The van der Waals surface area contributed by atoms with Crippen LogP contribution in [-0.2, 0) is 35.2 Å². The highest BCUT2D eigenvalue weighted by atomic mass is 19.4. The predicted octanol–water partition coefficient (Wildman–Crippen LogP) is 4.33. The van der Waals surface area contributed by atoms with Crippen LogP contribution in [-0.4, -0.2) is 41.6 Å². The third-order valence-electron chi connectivity index (χ3n) is 6.43. The summed E-state index contributed by atoms with van der Waals surface area (Å²) < 4.78 is 47.7. The van der Waals surface area contributed by atoms with E-state index in [1.165, 1.54) is 23.9 Å². The summed E-state index contributed by atoms with van der Waals surface area (Å²) in [5.41, 5.74) is 1.02. The van der Waals surface area contributed by atoms with Gasteiger partial charge in [-0.1, -0.05) is 36.4 Å². The monoisotopic (exact) mass is 528 g/mol. The van der Waals surface area contributed by atoms with E-state index in [-0.39, 0.29) is 12.4 Å². The van der Waals surface area contributed by atoms with Gasteiger partial charge in [-0.15, -0.1) is 0 Å². The predicted molar refractivity (Wildman–Crippen MR) is 133 cm³/mol. The van der Waals surface area contributed by atoms with Crippen molar-refractivity contribution in [3.8, 4) is 0 Å².